The van der Waals surface area contributed by atoms with Crippen LogP contribution in [0.1, 0.15) is 23.6 Å². The Morgan fingerprint density at radius 3 is 2.32 bits per heavy atom. The van der Waals surface area contributed by atoms with Crippen molar-refractivity contribution in [2.24, 2.45) is 0 Å². The second-order valence-electron chi connectivity index (χ2n) is 8.84. The largest absolute Gasteiger partial charge is 1.00 e. The average molecular weight is 543 g/mol. The number of hydrazine groups is 1. The van der Waals surface area contributed by atoms with Crippen LogP contribution < -0.4 is 27.9 Å². The van der Waals surface area contributed by atoms with Crippen molar-refractivity contribution in [1.82, 2.24) is 20.3 Å². The quantitative estimate of drug-likeness (QED) is 0.442. The molecule has 2 aromatic carbocycles. The number of alkyl halides is 3. The number of methoxy groups -OCH3 is 1. The van der Waals surface area contributed by atoms with Crippen LogP contribution in [0.5, 0.6) is 5.75 Å². The lowest BCUT2D eigenvalue weighted by atomic mass is 9.88. The number of piperazine rings is 1. The van der Waals surface area contributed by atoms with Gasteiger partial charge >= 0.3 is 6.18 Å². The first-order chi connectivity index (χ1) is 17.0. The Hall–Kier alpha value is -3.03. The van der Waals surface area contributed by atoms with Gasteiger partial charge in [-0.25, -0.2) is 5.43 Å². The Balaban J connectivity index is 0.00000380. The maximum Gasteiger partial charge on any atom is 0.416 e. The number of benzene rings is 2. The third-order valence-corrected chi connectivity index (χ3v) is 6.57. The number of carbonyl (C=O) groups is 1. The van der Waals surface area contributed by atoms with Gasteiger partial charge in [0, 0.05) is 31.7 Å². The lowest BCUT2D eigenvalue weighted by Crippen LogP contribution is -3.12. The van der Waals surface area contributed by atoms with E-state index in [2.05, 4.69) is 10.3 Å². The molecular weight excluding hydrogens is 515 g/mol. The van der Waals surface area contributed by atoms with E-state index >= 15 is 0 Å². The van der Waals surface area contributed by atoms with Gasteiger partial charge in [-0.3, -0.25) is 14.5 Å². The number of rotatable bonds is 6. The Morgan fingerprint density at radius 2 is 1.73 bits per heavy atom. The third kappa shape index (κ3) is 5.94. The Morgan fingerprint density at radius 1 is 1.08 bits per heavy atom. The highest BCUT2D eigenvalue weighted by Gasteiger charge is 2.44. The van der Waals surface area contributed by atoms with E-state index in [1.807, 2.05) is 18.0 Å². The zero-order chi connectivity index (χ0) is 26.1. The number of nitrogens with one attached hydrogen (secondary N) is 2. The summed E-state index contributed by atoms with van der Waals surface area (Å²) in [6.07, 6.45) is -3.23. The summed E-state index contributed by atoms with van der Waals surface area (Å²) >= 11 is 0. The number of likely N-dealkylation sites (N-methyl/N-ethyl adjacent to an activating group) is 1. The van der Waals surface area contributed by atoms with Crippen molar-refractivity contribution in [2.75, 3.05) is 40.3 Å². The number of halogens is 4. The molecule has 2 atom stereocenters. The normalized spacial score (nSPS) is 20.4. The van der Waals surface area contributed by atoms with Gasteiger partial charge in [0.1, 0.15) is 17.5 Å². The van der Waals surface area contributed by atoms with E-state index in [1.165, 1.54) is 18.3 Å². The number of ether oxygens (including phenoxy) is 1. The molecule has 0 radical (unpaired) electrons. The van der Waals surface area contributed by atoms with E-state index in [0.29, 0.717) is 24.4 Å². The summed E-state index contributed by atoms with van der Waals surface area (Å²) in [6.45, 7) is 4.54. The first kappa shape index (κ1) is 28.5. The fraction of sp³-hybridized carbons (Fsp3) is 0.375. The molecule has 0 spiro atoms. The minimum absolute atomic E-state index is 0. The maximum atomic E-state index is 13.7. The molecule has 2 heterocycles. The van der Waals surface area contributed by atoms with E-state index in [0.717, 1.165) is 30.3 Å². The van der Waals surface area contributed by atoms with E-state index in [9.17, 15) is 23.2 Å². The molecule has 2 aliphatic heterocycles. The van der Waals surface area contributed by atoms with E-state index in [-0.39, 0.29) is 23.7 Å². The third-order valence-electron chi connectivity index (χ3n) is 6.57. The lowest BCUT2D eigenvalue weighted by Gasteiger charge is -2.44. The highest BCUT2D eigenvalue weighted by molar-refractivity contribution is 5.87. The Bertz CT molecular complexity index is 1130. The molecule has 2 aromatic rings. The lowest BCUT2D eigenvalue weighted by molar-refractivity contribution is -1.12. The number of nitrogens with zero attached hydrogens (tertiary/aromatic N) is 3. The van der Waals surface area contributed by atoms with Crippen LogP contribution in [0.3, 0.4) is 0 Å². The van der Waals surface area contributed by atoms with Crippen molar-refractivity contribution in [3.05, 3.63) is 76.6 Å². The smallest absolute Gasteiger partial charge is 0.416 e. The summed E-state index contributed by atoms with van der Waals surface area (Å²) in [5.74, 6) is 0.143. The zero-order valence-electron chi connectivity index (χ0n) is 20.5. The van der Waals surface area contributed by atoms with Gasteiger partial charge in [-0.2, -0.15) is 13.2 Å². The van der Waals surface area contributed by atoms with Gasteiger partial charge in [-0.1, -0.05) is 34.7 Å². The first-order valence-corrected chi connectivity index (χ1v) is 11.3. The molecule has 202 valence electrons. The van der Waals surface area contributed by atoms with E-state index in [4.69, 9.17) is 9.57 Å². The molecule has 1 amide bonds. The number of carbonyl (C=O) groups excluding carboxylic acids is 1. The van der Waals surface area contributed by atoms with Crippen LogP contribution in [0, 0.1) is 5.21 Å². The molecule has 13 heteroatoms. The molecule has 0 bridgehead atoms. The first-order valence-electron chi connectivity index (χ1n) is 11.3. The van der Waals surface area contributed by atoms with E-state index in [1.54, 1.807) is 32.2 Å². The van der Waals surface area contributed by atoms with Crippen LogP contribution in [-0.4, -0.2) is 61.2 Å². The molecule has 1 fully saturated rings. The van der Waals surface area contributed by atoms with Gasteiger partial charge in [-0.15, -0.1) is 0 Å². The van der Waals surface area contributed by atoms with Crippen molar-refractivity contribution in [2.45, 2.75) is 18.6 Å². The molecule has 4 rings (SSSR count). The Labute approximate surface area is 218 Å². The van der Waals surface area contributed by atoms with Crippen molar-refractivity contribution >= 4 is 11.7 Å². The van der Waals surface area contributed by atoms with Gasteiger partial charge < -0.3 is 27.3 Å². The SMILES string of the molecule is COc1cccc(C(C)(C(=O)NN2C=C(c3ccc(C(F)(F)F)cc3)O[NH+]2[O-])N2CCN(C)CC2)c1.[Cl-]. The Kier molecular flexibility index (Phi) is 8.60. The summed E-state index contributed by atoms with van der Waals surface area (Å²) in [7, 11) is 3.55. The van der Waals surface area contributed by atoms with Gasteiger partial charge in [0.05, 0.1) is 12.7 Å². The fourth-order valence-electron chi connectivity index (χ4n) is 4.23. The molecule has 37 heavy (non-hydrogen) atoms. The van der Waals surface area contributed by atoms with Crippen molar-refractivity contribution in [3.8, 4) is 5.75 Å². The molecule has 2 N–H and O–H groups in total. The zero-order valence-corrected chi connectivity index (χ0v) is 21.3. The number of hydrogen-bond acceptors (Lipinski definition) is 7. The molecule has 1 saturated heterocycles. The minimum atomic E-state index is -4.48. The monoisotopic (exact) mass is 542 g/mol. The molecule has 9 nitrogen and oxygen atoms in total. The topological polar surface area (TPSA) is 84.8 Å². The second-order valence-corrected chi connectivity index (χ2v) is 8.84. The van der Waals surface area contributed by atoms with Crippen molar-refractivity contribution in [1.29, 1.82) is 0 Å². The highest BCUT2D eigenvalue weighted by Crippen LogP contribution is 2.33. The van der Waals surface area contributed by atoms with Gasteiger partial charge in [0.25, 0.3) is 5.91 Å². The molecular formula is C24H28ClF3N5O4-. The summed E-state index contributed by atoms with van der Waals surface area (Å²) in [5, 5.41) is 12.6. The summed E-state index contributed by atoms with van der Waals surface area (Å²) < 4.78 is 44.0. The molecule has 0 aromatic heterocycles. The van der Waals surface area contributed by atoms with Crippen LogP contribution in [0.15, 0.2) is 54.7 Å². The number of amides is 1. The van der Waals surface area contributed by atoms with Crippen LogP contribution in [0.25, 0.3) is 5.76 Å². The summed E-state index contributed by atoms with van der Waals surface area (Å²) in [4.78, 5) is 23.2. The molecule has 0 saturated carbocycles. The molecule has 0 aliphatic carbocycles. The average Bonchev–Trinajstić information content (AvgIpc) is 3.23. The maximum absolute atomic E-state index is 13.7. The predicted octanol–water partition coefficient (Wildman–Crippen LogP) is -1.24. The van der Waals surface area contributed by atoms with Crippen molar-refractivity contribution < 1.29 is 45.3 Å². The van der Waals surface area contributed by atoms with Crippen molar-refractivity contribution in [3.63, 3.8) is 0 Å². The number of hydrogen-bond donors (Lipinski definition) is 2. The predicted molar refractivity (Wildman–Crippen MR) is 124 cm³/mol. The molecule has 2 unspecified atom stereocenters. The molecule has 2 aliphatic rings. The van der Waals surface area contributed by atoms with Gasteiger partial charge in [0.2, 0.25) is 5.76 Å². The second kappa shape index (κ2) is 11.2. The van der Waals surface area contributed by atoms with Crippen LogP contribution in [0.2, 0.25) is 0 Å². The van der Waals surface area contributed by atoms with Gasteiger partial charge in [-0.05, 0) is 43.8 Å². The summed E-state index contributed by atoms with van der Waals surface area (Å²) in [6, 6.07) is 11.4. The van der Waals surface area contributed by atoms with E-state index < -0.39 is 28.5 Å². The highest BCUT2D eigenvalue weighted by atomic mass is 35.5. The van der Waals surface area contributed by atoms with Crippen LogP contribution in [0.4, 0.5) is 13.2 Å². The van der Waals surface area contributed by atoms with Gasteiger partial charge in [0.15, 0.2) is 0 Å². The minimum Gasteiger partial charge on any atom is -1.00 e. The fourth-order valence-corrected chi connectivity index (χ4v) is 4.23. The van der Waals surface area contributed by atoms with Crippen LogP contribution >= 0.6 is 0 Å². The van der Waals surface area contributed by atoms with Crippen LogP contribution in [-0.2, 0) is 21.3 Å². The number of quaternary nitrogens is 1. The summed E-state index contributed by atoms with van der Waals surface area (Å²) in [5.41, 5.74) is 1.60. The standard InChI is InChI=1S/C24H28F3N5O4.ClH/c1-23(30-13-11-29(2)12-14-30,19-5-4-6-20(15-19)35-3)22(33)28-31-16-21(36-32(31)34)17-7-9-18(10-8-17)24(25,26)27;/h4-10,15-16,32H,11-14H2,1-3H3,(H,28,33);1H/p-1.